The van der Waals surface area contributed by atoms with E-state index in [0.717, 1.165) is 19.4 Å². The third kappa shape index (κ3) is 4.59. The van der Waals surface area contributed by atoms with Gasteiger partial charge >= 0.3 is 0 Å². The summed E-state index contributed by atoms with van der Waals surface area (Å²) in [6.45, 7) is 6.04. The SMILES string of the molecule is CNCC1CCN(C(=O)c2cccc(S(=O)(=O)N(C)C(C)C)c2)CC1. The topological polar surface area (TPSA) is 69.7 Å². The first-order chi connectivity index (χ1) is 11.8. The molecule has 0 bridgehead atoms. The van der Waals surface area contributed by atoms with E-state index in [1.54, 1.807) is 25.2 Å². The van der Waals surface area contributed by atoms with Crippen LogP contribution >= 0.6 is 0 Å². The number of sulfonamides is 1. The first kappa shape index (κ1) is 19.9. The average Bonchev–Trinajstić information content (AvgIpc) is 2.61. The molecule has 0 saturated carbocycles. The molecule has 0 aromatic heterocycles. The molecule has 0 unspecified atom stereocenters. The van der Waals surface area contributed by atoms with Crippen LogP contribution in [0.2, 0.25) is 0 Å². The summed E-state index contributed by atoms with van der Waals surface area (Å²) in [6, 6.07) is 6.23. The summed E-state index contributed by atoms with van der Waals surface area (Å²) in [5.74, 6) is 0.507. The number of amides is 1. The molecule has 0 spiro atoms. The van der Waals surface area contributed by atoms with E-state index in [-0.39, 0.29) is 16.8 Å². The van der Waals surface area contributed by atoms with E-state index in [1.165, 1.54) is 10.4 Å². The minimum atomic E-state index is -3.59. The van der Waals surface area contributed by atoms with Crippen molar-refractivity contribution in [2.24, 2.45) is 5.92 Å². The number of rotatable bonds is 6. The van der Waals surface area contributed by atoms with Gasteiger partial charge in [-0.3, -0.25) is 4.79 Å². The molecule has 1 amide bonds. The maximum absolute atomic E-state index is 12.7. The van der Waals surface area contributed by atoms with E-state index in [1.807, 2.05) is 25.8 Å². The number of nitrogens with zero attached hydrogens (tertiary/aromatic N) is 2. The van der Waals surface area contributed by atoms with Crippen LogP contribution in [0.1, 0.15) is 37.0 Å². The highest BCUT2D eigenvalue weighted by molar-refractivity contribution is 7.89. The summed E-state index contributed by atoms with van der Waals surface area (Å²) in [5, 5.41) is 3.18. The summed E-state index contributed by atoms with van der Waals surface area (Å²) in [6.07, 6.45) is 1.95. The monoisotopic (exact) mass is 367 g/mol. The molecule has 0 aliphatic carbocycles. The number of piperidine rings is 1. The van der Waals surface area contributed by atoms with E-state index in [9.17, 15) is 13.2 Å². The second kappa shape index (κ2) is 8.29. The maximum Gasteiger partial charge on any atom is 0.253 e. The third-order valence-corrected chi connectivity index (χ3v) is 6.91. The highest BCUT2D eigenvalue weighted by atomic mass is 32.2. The van der Waals surface area contributed by atoms with Gasteiger partial charge in [-0.1, -0.05) is 6.07 Å². The van der Waals surface area contributed by atoms with Crippen LogP contribution in [0.3, 0.4) is 0 Å². The standard InChI is InChI=1S/C18H29N3O3S/c1-14(2)20(4)25(23,24)17-7-5-6-16(12-17)18(22)21-10-8-15(9-11-21)13-19-3/h5-7,12,14-15,19H,8-11,13H2,1-4H3. The van der Waals surface area contributed by atoms with Crippen molar-refractivity contribution in [3.63, 3.8) is 0 Å². The van der Waals surface area contributed by atoms with Gasteiger partial charge in [0.2, 0.25) is 10.0 Å². The lowest BCUT2D eigenvalue weighted by molar-refractivity contribution is 0.0690. The summed E-state index contributed by atoms with van der Waals surface area (Å²) in [7, 11) is -0.0881. The van der Waals surface area contributed by atoms with Crippen LogP contribution in [0.15, 0.2) is 29.2 Å². The fraction of sp³-hybridized carbons (Fsp3) is 0.611. The van der Waals surface area contributed by atoms with Crippen LogP contribution in [-0.4, -0.2) is 63.3 Å². The van der Waals surface area contributed by atoms with Gasteiger partial charge in [0.25, 0.3) is 5.91 Å². The van der Waals surface area contributed by atoms with Crippen molar-refractivity contribution < 1.29 is 13.2 Å². The predicted octanol–water partition coefficient (Wildman–Crippen LogP) is 1.79. The largest absolute Gasteiger partial charge is 0.339 e. The quantitative estimate of drug-likeness (QED) is 0.832. The number of hydrogen-bond donors (Lipinski definition) is 1. The fourth-order valence-corrected chi connectivity index (χ4v) is 4.46. The maximum atomic E-state index is 12.7. The van der Waals surface area contributed by atoms with Gasteiger partial charge < -0.3 is 10.2 Å². The minimum absolute atomic E-state index is 0.0906. The molecule has 1 N–H and O–H groups in total. The van der Waals surface area contributed by atoms with Gasteiger partial charge in [0.15, 0.2) is 0 Å². The van der Waals surface area contributed by atoms with Gasteiger partial charge in [-0.05, 0) is 64.4 Å². The van der Waals surface area contributed by atoms with Crippen molar-refractivity contribution in [2.75, 3.05) is 33.7 Å². The molecule has 140 valence electrons. The van der Waals surface area contributed by atoms with E-state index in [4.69, 9.17) is 0 Å². The first-order valence-corrected chi connectivity index (χ1v) is 10.2. The van der Waals surface area contributed by atoms with Crippen molar-refractivity contribution in [3.05, 3.63) is 29.8 Å². The van der Waals surface area contributed by atoms with E-state index >= 15 is 0 Å². The van der Waals surface area contributed by atoms with Crippen molar-refractivity contribution in [1.82, 2.24) is 14.5 Å². The summed E-state index contributed by atoms with van der Waals surface area (Å²) in [4.78, 5) is 14.7. The Morgan fingerprint density at radius 2 is 1.96 bits per heavy atom. The molecule has 1 aliphatic heterocycles. The molecule has 0 atom stereocenters. The highest BCUT2D eigenvalue weighted by Gasteiger charge is 2.26. The molecule has 0 radical (unpaired) electrons. The zero-order valence-electron chi connectivity index (χ0n) is 15.5. The third-order valence-electron chi connectivity index (χ3n) is 4.88. The fourth-order valence-electron chi connectivity index (χ4n) is 3.04. The number of nitrogens with one attached hydrogen (secondary N) is 1. The van der Waals surface area contributed by atoms with Crippen LogP contribution in [0.5, 0.6) is 0 Å². The molecule has 1 aliphatic rings. The van der Waals surface area contributed by atoms with Crippen LogP contribution in [-0.2, 0) is 10.0 Å². The minimum Gasteiger partial charge on any atom is -0.339 e. The second-order valence-corrected chi connectivity index (χ2v) is 8.93. The number of likely N-dealkylation sites (tertiary alicyclic amines) is 1. The van der Waals surface area contributed by atoms with Gasteiger partial charge in [-0.15, -0.1) is 0 Å². The van der Waals surface area contributed by atoms with Crippen molar-refractivity contribution in [2.45, 2.75) is 37.6 Å². The Morgan fingerprint density at radius 1 is 1.32 bits per heavy atom. The molecule has 1 heterocycles. The van der Waals surface area contributed by atoms with Crippen molar-refractivity contribution >= 4 is 15.9 Å². The molecule has 1 aromatic rings. The van der Waals surface area contributed by atoms with Crippen molar-refractivity contribution in [3.8, 4) is 0 Å². The average molecular weight is 368 g/mol. The molecule has 7 heteroatoms. The number of carbonyl (C=O) groups excluding carboxylic acids is 1. The van der Waals surface area contributed by atoms with Gasteiger partial charge in [-0.25, -0.2) is 8.42 Å². The van der Waals surface area contributed by atoms with Crippen LogP contribution in [0.4, 0.5) is 0 Å². The summed E-state index contributed by atoms with van der Waals surface area (Å²) < 4.78 is 26.6. The van der Waals surface area contributed by atoms with Gasteiger partial charge in [0.1, 0.15) is 0 Å². The number of carbonyl (C=O) groups is 1. The Morgan fingerprint density at radius 3 is 2.52 bits per heavy atom. The lowest BCUT2D eigenvalue weighted by Gasteiger charge is -2.32. The normalized spacial score (nSPS) is 16.6. The van der Waals surface area contributed by atoms with Crippen LogP contribution < -0.4 is 5.32 Å². The van der Waals surface area contributed by atoms with Crippen LogP contribution in [0, 0.1) is 5.92 Å². The molecule has 6 nitrogen and oxygen atoms in total. The zero-order chi connectivity index (χ0) is 18.6. The summed E-state index contributed by atoms with van der Waals surface area (Å²) in [5.41, 5.74) is 0.435. The Hall–Kier alpha value is -1.44. The molecular formula is C18H29N3O3S. The van der Waals surface area contributed by atoms with E-state index in [2.05, 4.69) is 5.32 Å². The van der Waals surface area contributed by atoms with Gasteiger partial charge in [0, 0.05) is 31.7 Å². The Bertz CT molecular complexity index is 695. The Labute approximate surface area is 151 Å². The smallest absolute Gasteiger partial charge is 0.253 e. The predicted molar refractivity (Wildman–Crippen MR) is 99.1 cm³/mol. The van der Waals surface area contributed by atoms with Gasteiger partial charge in [0.05, 0.1) is 4.90 Å². The first-order valence-electron chi connectivity index (χ1n) is 8.79. The Kier molecular flexibility index (Phi) is 6.59. The molecule has 2 rings (SSSR count). The Balaban J connectivity index is 2.15. The molecule has 1 saturated heterocycles. The van der Waals surface area contributed by atoms with Gasteiger partial charge in [-0.2, -0.15) is 4.31 Å². The molecular weight excluding hydrogens is 338 g/mol. The lowest BCUT2D eigenvalue weighted by atomic mass is 9.96. The molecule has 25 heavy (non-hydrogen) atoms. The van der Waals surface area contributed by atoms with Crippen LogP contribution in [0.25, 0.3) is 0 Å². The lowest BCUT2D eigenvalue weighted by Crippen LogP contribution is -2.40. The number of hydrogen-bond acceptors (Lipinski definition) is 4. The molecule has 1 aromatic carbocycles. The van der Waals surface area contributed by atoms with E-state index in [0.29, 0.717) is 24.6 Å². The number of benzene rings is 1. The molecule has 1 fully saturated rings. The summed E-state index contributed by atoms with van der Waals surface area (Å²) >= 11 is 0. The highest BCUT2D eigenvalue weighted by Crippen LogP contribution is 2.21. The zero-order valence-corrected chi connectivity index (χ0v) is 16.3. The second-order valence-electron chi connectivity index (χ2n) is 6.94. The van der Waals surface area contributed by atoms with Crippen molar-refractivity contribution in [1.29, 1.82) is 0 Å². The van der Waals surface area contributed by atoms with E-state index < -0.39 is 10.0 Å².